The summed E-state index contributed by atoms with van der Waals surface area (Å²) in [7, 11) is 1.60. The normalized spacial score (nSPS) is 11.5. The van der Waals surface area contributed by atoms with Gasteiger partial charge in [0.05, 0.1) is 18.7 Å². The molecule has 5 nitrogen and oxygen atoms in total. The Morgan fingerprint density at radius 2 is 1.72 bits per heavy atom. The lowest BCUT2D eigenvalue weighted by molar-refractivity contribution is -0.124. The molecule has 0 aliphatic heterocycles. The molecule has 0 saturated heterocycles. The van der Waals surface area contributed by atoms with Gasteiger partial charge in [0, 0.05) is 0 Å². The summed E-state index contributed by atoms with van der Waals surface area (Å²) in [6.45, 7) is 5.45. The molecule has 0 spiro atoms. The van der Waals surface area contributed by atoms with E-state index in [4.69, 9.17) is 9.47 Å². The highest BCUT2D eigenvalue weighted by Gasteiger charge is 2.13. The van der Waals surface area contributed by atoms with Gasteiger partial charge in [-0.2, -0.15) is 0 Å². The second kappa shape index (κ2) is 8.33. The van der Waals surface area contributed by atoms with E-state index in [2.05, 4.69) is 5.32 Å². The van der Waals surface area contributed by atoms with Crippen LogP contribution >= 0.6 is 0 Å². The molecule has 2 aromatic rings. The highest BCUT2D eigenvalue weighted by Crippen LogP contribution is 2.17. The highest BCUT2D eigenvalue weighted by molar-refractivity contribution is 5.91. The first-order valence-electron chi connectivity index (χ1n) is 8.08. The van der Waals surface area contributed by atoms with Crippen molar-refractivity contribution in [2.75, 3.05) is 13.7 Å². The van der Waals surface area contributed by atoms with Gasteiger partial charge in [-0.3, -0.25) is 4.79 Å². The molecule has 0 aliphatic carbocycles. The molecule has 0 fully saturated rings. The van der Waals surface area contributed by atoms with E-state index in [0.717, 1.165) is 22.4 Å². The van der Waals surface area contributed by atoms with Crippen molar-refractivity contribution >= 4 is 11.9 Å². The minimum atomic E-state index is -0.504. The van der Waals surface area contributed by atoms with Crippen molar-refractivity contribution in [1.29, 1.82) is 0 Å². The van der Waals surface area contributed by atoms with Crippen LogP contribution in [0.1, 0.15) is 40.0 Å². The lowest BCUT2D eigenvalue weighted by Crippen LogP contribution is -2.31. The molecule has 0 heterocycles. The molecule has 2 aromatic carbocycles. The van der Waals surface area contributed by atoms with Crippen molar-refractivity contribution in [3.63, 3.8) is 0 Å². The lowest BCUT2D eigenvalue weighted by Gasteiger charge is -2.15. The Kier molecular flexibility index (Phi) is 6.17. The van der Waals surface area contributed by atoms with E-state index in [1.165, 1.54) is 0 Å². The van der Waals surface area contributed by atoms with Crippen LogP contribution < -0.4 is 10.1 Å². The van der Waals surface area contributed by atoms with Crippen LogP contribution in [0, 0.1) is 13.8 Å². The zero-order chi connectivity index (χ0) is 18.4. The summed E-state index contributed by atoms with van der Waals surface area (Å²) < 4.78 is 10.2. The van der Waals surface area contributed by atoms with E-state index in [9.17, 15) is 9.59 Å². The molecule has 0 bridgehead atoms. The summed E-state index contributed by atoms with van der Waals surface area (Å²) in [4.78, 5) is 24.0. The summed E-state index contributed by atoms with van der Waals surface area (Å²) in [5.41, 5.74) is 3.49. The van der Waals surface area contributed by atoms with Gasteiger partial charge in [0.25, 0.3) is 5.91 Å². The summed E-state index contributed by atoms with van der Waals surface area (Å²) in [5, 5.41) is 2.80. The second-order valence-electron chi connectivity index (χ2n) is 5.94. The van der Waals surface area contributed by atoms with Crippen LogP contribution in [0.15, 0.2) is 42.5 Å². The van der Waals surface area contributed by atoms with Gasteiger partial charge < -0.3 is 14.8 Å². The Morgan fingerprint density at radius 1 is 1.04 bits per heavy atom. The van der Waals surface area contributed by atoms with Crippen molar-refractivity contribution in [2.24, 2.45) is 0 Å². The van der Waals surface area contributed by atoms with E-state index in [1.807, 2.05) is 51.1 Å². The van der Waals surface area contributed by atoms with Crippen LogP contribution in [0.5, 0.6) is 5.75 Å². The number of rotatable bonds is 6. The van der Waals surface area contributed by atoms with E-state index in [-0.39, 0.29) is 18.6 Å². The summed E-state index contributed by atoms with van der Waals surface area (Å²) in [5.74, 6) is -0.0968. The molecule has 0 aromatic heterocycles. The Hall–Kier alpha value is -2.82. The van der Waals surface area contributed by atoms with Gasteiger partial charge in [0.2, 0.25) is 0 Å². The first kappa shape index (κ1) is 18.5. The third-order valence-corrected chi connectivity index (χ3v) is 4.07. The third-order valence-electron chi connectivity index (χ3n) is 4.07. The lowest BCUT2D eigenvalue weighted by atomic mass is 10.1. The topological polar surface area (TPSA) is 64.6 Å². The predicted molar refractivity (Wildman–Crippen MR) is 95.8 cm³/mol. The van der Waals surface area contributed by atoms with Crippen LogP contribution in [-0.2, 0) is 9.53 Å². The fraction of sp³-hybridized carbons (Fsp3) is 0.300. The number of methoxy groups -OCH3 is 1. The zero-order valence-electron chi connectivity index (χ0n) is 15.0. The van der Waals surface area contributed by atoms with E-state index in [0.29, 0.717) is 5.56 Å². The molecule has 1 N–H and O–H groups in total. The SMILES string of the molecule is COc1ccc([C@@H](C)NC(=O)COC(=O)c2ccc(C)c(C)c2)cc1. The maximum Gasteiger partial charge on any atom is 0.338 e. The predicted octanol–water partition coefficient (Wildman–Crippen LogP) is 3.35. The number of benzene rings is 2. The van der Waals surface area contributed by atoms with E-state index in [1.54, 1.807) is 19.2 Å². The van der Waals surface area contributed by atoms with Crippen molar-refractivity contribution in [3.8, 4) is 5.75 Å². The van der Waals surface area contributed by atoms with Crippen LogP contribution in [0.2, 0.25) is 0 Å². The molecule has 0 aliphatic rings. The smallest absolute Gasteiger partial charge is 0.338 e. The number of hydrogen-bond acceptors (Lipinski definition) is 4. The molecule has 2 rings (SSSR count). The number of amides is 1. The van der Waals surface area contributed by atoms with Crippen LogP contribution in [0.25, 0.3) is 0 Å². The quantitative estimate of drug-likeness (QED) is 0.819. The Balaban J connectivity index is 1.86. The summed E-state index contributed by atoms with van der Waals surface area (Å²) in [6, 6.07) is 12.5. The largest absolute Gasteiger partial charge is 0.497 e. The van der Waals surface area contributed by atoms with Gasteiger partial charge in [-0.15, -0.1) is 0 Å². The molecule has 0 radical (unpaired) electrons. The number of aryl methyl sites for hydroxylation is 2. The maximum atomic E-state index is 12.0. The molecular weight excluding hydrogens is 318 g/mol. The second-order valence-corrected chi connectivity index (χ2v) is 5.94. The molecule has 5 heteroatoms. The maximum absolute atomic E-state index is 12.0. The standard InChI is InChI=1S/C20H23NO4/c1-13-5-6-17(11-14(13)2)20(23)25-12-19(22)21-15(3)16-7-9-18(24-4)10-8-16/h5-11,15H,12H2,1-4H3,(H,21,22)/t15-/m1/s1. The first-order chi connectivity index (χ1) is 11.9. The number of carbonyl (C=O) groups is 2. The Morgan fingerprint density at radius 3 is 2.32 bits per heavy atom. The van der Waals surface area contributed by atoms with Gasteiger partial charge in [0.1, 0.15) is 5.75 Å². The minimum absolute atomic E-state index is 0.196. The molecular formula is C20H23NO4. The van der Waals surface area contributed by atoms with E-state index >= 15 is 0 Å². The zero-order valence-corrected chi connectivity index (χ0v) is 15.0. The van der Waals surface area contributed by atoms with Crippen LogP contribution in [0.3, 0.4) is 0 Å². The number of ether oxygens (including phenoxy) is 2. The Bertz CT molecular complexity index is 753. The molecule has 0 unspecified atom stereocenters. The van der Waals surface area contributed by atoms with Crippen molar-refractivity contribution in [3.05, 3.63) is 64.7 Å². The van der Waals surface area contributed by atoms with Gasteiger partial charge >= 0.3 is 5.97 Å². The third kappa shape index (κ3) is 5.08. The summed E-state index contributed by atoms with van der Waals surface area (Å²) >= 11 is 0. The molecule has 1 atom stereocenters. The minimum Gasteiger partial charge on any atom is -0.497 e. The molecule has 25 heavy (non-hydrogen) atoms. The number of hydrogen-bond donors (Lipinski definition) is 1. The van der Waals surface area contributed by atoms with Crippen molar-refractivity contribution in [1.82, 2.24) is 5.32 Å². The van der Waals surface area contributed by atoms with Gasteiger partial charge in [0.15, 0.2) is 6.61 Å². The van der Waals surface area contributed by atoms with Gasteiger partial charge in [-0.1, -0.05) is 18.2 Å². The van der Waals surface area contributed by atoms with Crippen LogP contribution in [-0.4, -0.2) is 25.6 Å². The van der Waals surface area contributed by atoms with Crippen molar-refractivity contribution in [2.45, 2.75) is 26.8 Å². The molecule has 1 amide bonds. The fourth-order valence-electron chi connectivity index (χ4n) is 2.34. The van der Waals surface area contributed by atoms with Crippen molar-refractivity contribution < 1.29 is 19.1 Å². The average Bonchev–Trinajstić information content (AvgIpc) is 2.62. The summed E-state index contributed by atoms with van der Waals surface area (Å²) in [6.07, 6.45) is 0. The fourth-order valence-corrected chi connectivity index (χ4v) is 2.34. The number of nitrogens with one attached hydrogen (secondary N) is 1. The highest BCUT2D eigenvalue weighted by atomic mass is 16.5. The number of carbonyl (C=O) groups excluding carboxylic acids is 2. The van der Waals surface area contributed by atoms with E-state index < -0.39 is 5.97 Å². The first-order valence-corrected chi connectivity index (χ1v) is 8.08. The Labute approximate surface area is 148 Å². The monoisotopic (exact) mass is 341 g/mol. The molecule has 132 valence electrons. The van der Waals surface area contributed by atoms with Gasteiger partial charge in [-0.05, 0) is 61.7 Å². The van der Waals surface area contributed by atoms with Gasteiger partial charge in [-0.25, -0.2) is 4.79 Å². The van der Waals surface area contributed by atoms with Crippen LogP contribution in [0.4, 0.5) is 0 Å². The average molecular weight is 341 g/mol. The number of esters is 1. The molecule has 0 saturated carbocycles.